The predicted molar refractivity (Wildman–Crippen MR) is 119 cm³/mol. The van der Waals surface area contributed by atoms with E-state index in [1.165, 1.54) is 17.5 Å². The van der Waals surface area contributed by atoms with Crippen molar-refractivity contribution in [2.45, 2.75) is 50.6 Å². The number of fused-ring (bicyclic) bond motifs is 3. The fourth-order valence-corrected chi connectivity index (χ4v) is 5.42. The van der Waals surface area contributed by atoms with Crippen LogP contribution >= 0.6 is 11.6 Å². The van der Waals surface area contributed by atoms with Gasteiger partial charge >= 0.3 is 0 Å². The summed E-state index contributed by atoms with van der Waals surface area (Å²) in [4.78, 5) is 15.2. The first-order valence-corrected chi connectivity index (χ1v) is 11.1. The molecule has 1 amide bonds. The van der Waals surface area contributed by atoms with Crippen LogP contribution in [0.25, 0.3) is 0 Å². The molecule has 4 atom stereocenters. The maximum absolute atomic E-state index is 13.2. The van der Waals surface area contributed by atoms with Gasteiger partial charge in [0, 0.05) is 34.8 Å². The SMILES string of the molecule is C[C@H]1CCCCN1C(=O)c1ccc2c(c1)[C@H]1C=CC[C@@H]1[C@@H](c1ccc(Cl)cc1)N2. The molecule has 2 aromatic rings. The van der Waals surface area contributed by atoms with Crippen molar-refractivity contribution in [1.82, 2.24) is 4.90 Å². The van der Waals surface area contributed by atoms with E-state index in [0.717, 1.165) is 42.1 Å². The number of likely N-dealkylation sites (tertiary alicyclic amines) is 1. The van der Waals surface area contributed by atoms with E-state index in [1.807, 2.05) is 18.2 Å². The summed E-state index contributed by atoms with van der Waals surface area (Å²) >= 11 is 6.10. The number of hydrogen-bond donors (Lipinski definition) is 1. The van der Waals surface area contributed by atoms with Gasteiger partial charge in [-0.15, -0.1) is 0 Å². The molecule has 5 rings (SSSR count). The molecule has 0 unspecified atom stereocenters. The molecule has 0 saturated carbocycles. The summed E-state index contributed by atoms with van der Waals surface area (Å²) in [5.74, 6) is 0.986. The third-order valence-electron chi connectivity index (χ3n) is 6.90. The number of allylic oxidation sites excluding steroid dienone is 2. The van der Waals surface area contributed by atoms with E-state index in [4.69, 9.17) is 11.6 Å². The molecule has 1 N–H and O–H groups in total. The Balaban J connectivity index is 1.47. The molecule has 1 aliphatic carbocycles. The first-order valence-electron chi connectivity index (χ1n) is 10.8. The van der Waals surface area contributed by atoms with Gasteiger partial charge in [0.1, 0.15) is 0 Å². The van der Waals surface area contributed by atoms with Crippen LogP contribution in [-0.4, -0.2) is 23.4 Å². The Bertz CT molecular complexity index is 952. The second-order valence-electron chi connectivity index (χ2n) is 8.67. The average Bonchev–Trinajstić information content (AvgIpc) is 3.24. The Morgan fingerprint density at radius 3 is 2.76 bits per heavy atom. The number of carbonyl (C=O) groups is 1. The zero-order valence-corrected chi connectivity index (χ0v) is 17.5. The molecular formula is C25H27ClN2O. The van der Waals surface area contributed by atoms with Crippen molar-refractivity contribution in [2.75, 3.05) is 11.9 Å². The monoisotopic (exact) mass is 406 g/mol. The number of nitrogens with zero attached hydrogens (tertiary/aromatic N) is 1. The highest BCUT2D eigenvalue weighted by Gasteiger charge is 2.38. The van der Waals surface area contributed by atoms with Crippen molar-refractivity contribution in [3.63, 3.8) is 0 Å². The predicted octanol–water partition coefficient (Wildman–Crippen LogP) is 6.18. The van der Waals surface area contributed by atoms with Crippen molar-refractivity contribution < 1.29 is 4.79 Å². The first kappa shape index (κ1) is 18.7. The number of halogens is 1. The minimum atomic E-state index is 0.179. The van der Waals surface area contributed by atoms with Crippen molar-refractivity contribution in [3.05, 3.63) is 76.3 Å². The van der Waals surface area contributed by atoms with Crippen molar-refractivity contribution >= 4 is 23.2 Å². The van der Waals surface area contributed by atoms with Gasteiger partial charge in [-0.3, -0.25) is 4.79 Å². The molecule has 2 aromatic carbocycles. The highest BCUT2D eigenvalue weighted by atomic mass is 35.5. The van der Waals surface area contributed by atoms with E-state index in [-0.39, 0.29) is 11.9 Å². The van der Waals surface area contributed by atoms with E-state index in [0.29, 0.717) is 17.9 Å². The Morgan fingerprint density at radius 1 is 1.14 bits per heavy atom. The molecule has 2 aliphatic heterocycles. The van der Waals surface area contributed by atoms with Gasteiger partial charge in [-0.25, -0.2) is 0 Å². The number of rotatable bonds is 2. The van der Waals surface area contributed by atoms with Gasteiger partial charge < -0.3 is 10.2 Å². The Kier molecular flexibility index (Phi) is 4.87. The smallest absolute Gasteiger partial charge is 0.254 e. The topological polar surface area (TPSA) is 32.3 Å². The Labute approximate surface area is 177 Å². The van der Waals surface area contributed by atoms with Crippen LogP contribution in [-0.2, 0) is 0 Å². The standard InChI is InChI=1S/C25H27ClN2O/c1-16-5-2-3-14-28(16)25(29)18-10-13-23-22(15-18)20-6-4-7-21(20)24(27-23)17-8-11-19(26)12-9-17/h4,6,8-13,15-16,20-21,24,27H,2-3,5,7,14H2,1H3/t16-,20-,21-,24+/m0/s1. The Morgan fingerprint density at radius 2 is 1.97 bits per heavy atom. The number of nitrogens with one attached hydrogen (secondary N) is 1. The lowest BCUT2D eigenvalue weighted by molar-refractivity contribution is 0.0635. The number of carbonyl (C=O) groups excluding carboxylic acids is 1. The van der Waals surface area contributed by atoms with Crippen LogP contribution in [0.2, 0.25) is 5.02 Å². The van der Waals surface area contributed by atoms with Crippen LogP contribution in [0.3, 0.4) is 0 Å². The molecule has 1 fully saturated rings. The Hall–Kier alpha value is -2.26. The molecule has 2 heterocycles. The summed E-state index contributed by atoms with van der Waals surface area (Å²) < 4.78 is 0. The molecule has 0 bridgehead atoms. The van der Waals surface area contributed by atoms with E-state index in [9.17, 15) is 4.79 Å². The summed E-state index contributed by atoms with van der Waals surface area (Å²) in [6.07, 6.45) is 9.10. The van der Waals surface area contributed by atoms with Crippen LogP contribution in [0.15, 0.2) is 54.6 Å². The van der Waals surface area contributed by atoms with Crippen LogP contribution < -0.4 is 5.32 Å². The summed E-state index contributed by atoms with van der Waals surface area (Å²) in [5, 5.41) is 4.52. The summed E-state index contributed by atoms with van der Waals surface area (Å²) in [6.45, 7) is 3.05. The normalized spacial score (nSPS) is 27.9. The third-order valence-corrected chi connectivity index (χ3v) is 7.15. The van der Waals surface area contributed by atoms with Crippen LogP contribution in [0.1, 0.15) is 66.1 Å². The number of benzene rings is 2. The largest absolute Gasteiger partial charge is 0.378 e. The van der Waals surface area contributed by atoms with E-state index in [2.05, 4.69) is 53.6 Å². The lowest BCUT2D eigenvalue weighted by Crippen LogP contribution is -2.42. The molecule has 1 saturated heterocycles. The highest BCUT2D eigenvalue weighted by Crippen LogP contribution is 2.50. The lowest BCUT2D eigenvalue weighted by atomic mass is 9.76. The van der Waals surface area contributed by atoms with Gasteiger partial charge in [-0.2, -0.15) is 0 Å². The highest BCUT2D eigenvalue weighted by molar-refractivity contribution is 6.30. The molecule has 3 nitrogen and oxygen atoms in total. The summed E-state index contributed by atoms with van der Waals surface area (Å²) in [5.41, 5.74) is 4.48. The van der Waals surface area contributed by atoms with Crippen molar-refractivity contribution in [3.8, 4) is 0 Å². The summed E-state index contributed by atoms with van der Waals surface area (Å²) in [6, 6.07) is 15.0. The minimum absolute atomic E-state index is 0.179. The second-order valence-corrected chi connectivity index (χ2v) is 9.11. The van der Waals surface area contributed by atoms with Gasteiger partial charge in [-0.1, -0.05) is 35.9 Å². The maximum atomic E-state index is 13.2. The van der Waals surface area contributed by atoms with E-state index >= 15 is 0 Å². The molecule has 150 valence electrons. The molecular weight excluding hydrogens is 380 g/mol. The van der Waals surface area contributed by atoms with Gasteiger partial charge in [0.05, 0.1) is 6.04 Å². The van der Waals surface area contributed by atoms with Crippen molar-refractivity contribution in [1.29, 1.82) is 0 Å². The molecule has 4 heteroatoms. The first-order chi connectivity index (χ1) is 14.1. The molecule has 3 aliphatic rings. The number of amides is 1. The molecule has 0 radical (unpaired) electrons. The average molecular weight is 407 g/mol. The zero-order chi connectivity index (χ0) is 20.0. The quantitative estimate of drug-likeness (QED) is 0.604. The fraction of sp³-hybridized carbons (Fsp3) is 0.400. The third kappa shape index (κ3) is 3.36. The number of hydrogen-bond acceptors (Lipinski definition) is 2. The van der Waals surface area contributed by atoms with Crippen LogP contribution in [0.4, 0.5) is 5.69 Å². The van der Waals surface area contributed by atoms with Crippen LogP contribution in [0.5, 0.6) is 0 Å². The molecule has 0 aromatic heterocycles. The number of piperidine rings is 1. The lowest BCUT2D eigenvalue weighted by Gasteiger charge is -2.38. The molecule has 0 spiro atoms. The molecule has 29 heavy (non-hydrogen) atoms. The fourth-order valence-electron chi connectivity index (χ4n) is 5.29. The van der Waals surface area contributed by atoms with Gasteiger partial charge in [0.15, 0.2) is 0 Å². The van der Waals surface area contributed by atoms with E-state index in [1.54, 1.807) is 0 Å². The van der Waals surface area contributed by atoms with Crippen molar-refractivity contribution in [2.24, 2.45) is 5.92 Å². The maximum Gasteiger partial charge on any atom is 0.254 e. The van der Waals surface area contributed by atoms with Gasteiger partial charge in [0.2, 0.25) is 0 Å². The van der Waals surface area contributed by atoms with Crippen LogP contribution in [0, 0.1) is 5.92 Å². The minimum Gasteiger partial charge on any atom is -0.378 e. The van der Waals surface area contributed by atoms with Gasteiger partial charge in [0.25, 0.3) is 5.91 Å². The van der Waals surface area contributed by atoms with Gasteiger partial charge in [-0.05, 0) is 80.0 Å². The second kappa shape index (κ2) is 7.53. The summed E-state index contributed by atoms with van der Waals surface area (Å²) in [7, 11) is 0. The van der Waals surface area contributed by atoms with E-state index < -0.39 is 0 Å². The zero-order valence-electron chi connectivity index (χ0n) is 16.8. The number of anilines is 1.